The van der Waals surface area contributed by atoms with Gasteiger partial charge in [-0.15, -0.1) is 23.1 Å². The number of thiophene rings is 1. The van der Waals surface area contributed by atoms with Crippen LogP contribution in [0, 0.1) is 5.92 Å². The van der Waals surface area contributed by atoms with E-state index in [9.17, 15) is 19.2 Å². The molecule has 10 heteroatoms. The quantitative estimate of drug-likeness (QED) is 0.179. The number of ether oxygens (including phenoxy) is 1. The van der Waals surface area contributed by atoms with E-state index in [1.54, 1.807) is 25.1 Å². The summed E-state index contributed by atoms with van der Waals surface area (Å²) in [4.78, 5) is 51.6. The number of esters is 1. The van der Waals surface area contributed by atoms with Gasteiger partial charge in [-0.25, -0.2) is 4.79 Å². The fourth-order valence-corrected chi connectivity index (χ4v) is 7.05. The number of anilines is 2. The van der Waals surface area contributed by atoms with Gasteiger partial charge in [-0.05, 0) is 61.4 Å². The number of thioether (sulfide) groups is 1. The molecule has 0 spiro atoms. The number of hydrogen-bond donors (Lipinski definition) is 3. The highest BCUT2D eigenvalue weighted by molar-refractivity contribution is 8.00. The van der Waals surface area contributed by atoms with Crippen LogP contribution in [0.1, 0.15) is 64.7 Å². The van der Waals surface area contributed by atoms with Gasteiger partial charge in [0.25, 0.3) is 0 Å². The second-order valence-corrected chi connectivity index (χ2v) is 11.9. The standard InChI is InChI=1S/C30H32N2O6S2/c1-3-38-30(37)26-22-13-12-18(2)16-23(22)40-29(26)32-28(36)27(19-8-5-4-6-9-19)39-21-11-7-10-20(17-21)31-24(33)14-15-25(34)35/h4-11,17-18,27H,3,12-16H2,1-2H3,(H,31,33)(H,32,36)(H,34,35). The van der Waals surface area contributed by atoms with Crippen LogP contribution in [0.5, 0.6) is 0 Å². The lowest BCUT2D eigenvalue weighted by molar-refractivity contribution is -0.138. The summed E-state index contributed by atoms with van der Waals surface area (Å²) in [6.45, 7) is 4.20. The summed E-state index contributed by atoms with van der Waals surface area (Å²) in [5.41, 5.74) is 2.74. The van der Waals surface area contributed by atoms with Gasteiger partial charge in [-0.3, -0.25) is 14.4 Å². The number of amides is 2. The Bertz CT molecular complexity index is 1390. The van der Waals surface area contributed by atoms with E-state index in [-0.39, 0.29) is 25.4 Å². The monoisotopic (exact) mass is 580 g/mol. The summed E-state index contributed by atoms with van der Waals surface area (Å²) in [5, 5.41) is 14.5. The van der Waals surface area contributed by atoms with E-state index in [2.05, 4.69) is 17.6 Å². The van der Waals surface area contributed by atoms with Crippen LogP contribution in [0.4, 0.5) is 10.7 Å². The molecule has 0 aliphatic heterocycles. The van der Waals surface area contributed by atoms with E-state index in [1.807, 2.05) is 36.4 Å². The third-order valence-corrected chi connectivity index (χ3v) is 8.92. The number of fused-ring (bicyclic) bond motifs is 1. The van der Waals surface area contributed by atoms with Gasteiger partial charge in [0.1, 0.15) is 10.3 Å². The van der Waals surface area contributed by atoms with Crippen molar-refractivity contribution in [2.45, 2.75) is 56.1 Å². The molecule has 2 aromatic carbocycles. The van der Waals surface area contributed by atoms with Crippen molar-refractivity contribution in [2.24, 2.45) is 5.92 Å². The number of rotatable bonds is 11. The molecule has 1 aliphatic rings. The van der Waals surface area contributed by atoms with Crippen molar-refractivity contribution in [2.75, 3.05) is 17.2 Å². The van der Waals surface area contributed by atoms with E-state index >= 15 is 0 Å². The van der Waals surface area contributed by atoms with Gasteiger partial charge in [0.2, 0.25) is 11.8 Å². The number of carboxylic acids is 1. The lowest BCUT2D eigenvalue weighted by Gasteiger charge is -2.19. The van der Waals surface area contributed by atoms with Crippen LogP contribution in [-0.4, -0.2) is 35.5 Å². The molecule has 1 aromatic heterocycles. The molecule has 3 aromatic rings. The summed E-state index contributed by atoms with van der Waals surface area (Å²) >= 11 is 2.77. The highest BCUT2D eigenvalue weighted by Gasteiger charge is 2.31. The zero-order chi connectivity index (χ0) is 28.6. The first-order valence-electron chi connectivity index (χ1n) is 13.2. The van der Waals surface area contributed by atoms with Crippen molar-refractivity contribution in [1.29, 1.82) is 0 Å². The lowest BCUT2D eigenvalue weighted by Crippen LogP contribution is -2.20. The number of nitrogens with one attached hydrogen (secondary N) is 2. The van der Waals surface area contributed by atoms with E-state index in [0.29, 0.717) is 22.2 Å². The number of carbonyl (C=O) groups is 4. The predicted molar refractivity (Wildman–Crippen MR) is 157 cm³/mol. The Kier molecular flexibility index (Phi) is 10.0. The Morgan fingerprint density at radius 1 is 1.07 bits per heavy atom. The predicted octanol–water partition coefficient (Wildman–Crippen LogP) is 6.33. The summed E-state index contributed by atoms with van der Waals surface area (Å²) in [6, 6.07) is 16.4. The minimum Gasteiger partial charge on any atom is -0.481 e. The Morgan fingerprint density at radius 2 is 1.85 bits per heavy atom. The van der Waals surface area contributed by atoms with Crippen LogP contribution in [0.2, 0.25) is 0 Å². The zero-order valence-electron chi connectivity index (χ0n) is 22.4. The highest BCUT2D eigenvalue weighted by Crippen LogP contribution is 2.42. The van der Waals surface area contributed by atoms with Gasteiger partial charge in [0.15, 0.2) is 0 Å². The Balaban J connectivity index is 1.59. The van der Waals surface area contributed by atoms with Crippen LogP contribution < -0.4 is 10.6 Å². The average Bonchev–Trinajstić information content (AvgIpc) is 3.28. The minimum absolute atomic E-state index is 0.131. The molecule has 8 nitrogen and oxygen atoms in total. The molecule has 2 amide bonds. The second kappa shape index (κ2) is 13.6. The van der Waals surface area contributed by atoms with Crippen molar-refractivity contribution in [1.82, 2.24) is 0 Å². The summed E-state index contributed by atoms with van der Waals surface area (Å²) < 4.78 is 5.36. The molecule has 0 bridgehead atoms. The molecule has 0 saturated heterocycles. The number of aliphatic carboxylic acids is 1. The fraction of sp³-hybridized carbons (Fsp3) is 0.333. The molecule has 0 radical (unpaired) electrons. The first-order chi connectivity index (χ1) is 19.2. The summed E-state index contributed by atoms with van der Waals surface area (Å²) in [7, 11) is 0. The van der Waals surface area contributed by atoms with Crippen molar-refractivity contribution in [3.05, 3.63) is 76.2 Å². The van der Waals surface area contributed by atoms with Gasteiger partial charge in [-0.2, -0.15) is 0 Å². The average molecular weight is 581 g/mol. The summed E-state index contributed by atoms with van der Waals surface area (Å²) in [5.74, 6) is -1.62. The van der Waals surface area contributed by atoms with Gasteiger partial charge < -0.3 is 20.5 Å². The molecule has 3 N–H and O–H groups in total. The van der Waals surface area contributed by atoms with Crippen LogP contribution in [-0.2, 0) is 32.0 Å². The highest BCUT2D eigenvalue weighted by atomic mass is 32.2. The molecule has 4 rings (SSSR count). The van der Waals surface area contributed by atoms with E-state index < -0.39 is 23.1 Å². The molecule has 210 valence electrons. The first-order valence-corrected chi connectivity index (χ1v) is 14.9. The molecular formula is C30H32N2O6S2. The molecule has 2 atom stereocenters. The third-order valence-electron chi connectivity index (χ3n) is 6.51. The number of carboxylic acid groups (broad SMARTS) is 1. The third kappa shape index (κ3) is 7.51. The van der Waals surface area contributed by atoms with Gasteiger partial charge in [0, 0.05) is 21.9 Å². The fourth-order valence-electron chi connectivity index (χ4n) is 4.56. The first kappa shape index (κ1) is 29.4. The second-order valence-electron chi connectivity index (χ2n) is 9.64. The van der Waals surface area contributed by atoms with E-state index in [4.69, 9.17) is 9.84 Å². The topological polar surface area (TPSA) is 122 Å². The van der Waals surface area contributed by atoms with Gasteiger partial charge in [0.05, 0.1) is 18.6 Å². The molecule has 1 heterocycles. The number of hydrogen-bond acceptors (Lipinski definition) is 7. The van der Waals surface area contributed by atoms with E-state index in [1.165, 1.54) is 23.1 Å². The van der Waals surface area contributed by atoms with Crippen LogP contribution >= 0.6 is 23.1 Å². The van der Waals surface area contributed by atoms with Gasteiger partial charge in [-0.1, -0.05) is 43.3 Å². The lowest BCUT2D eigenvalue weighted by atomic mass is 9.88. The van der Waals surface area contributed by atoms with E-state index in [0.717, 1.165) is 40.2 Å². The zero-order valence-corrected chi connectivity index (χ0v) is 24.0. The van der Waals surface area contributed by atoms with Crippen molar-refractivity contribution < 1.29 is 29.0 Å². The Labute approximate surface area is 241 Å². The number of carbonyl (C=O) groups excluding carboxylic acids is 3. The van der Waals surface area contributed by atoms with Crippen LogP contribution in [0.25, 0.3) is 0 Å². The van der Waals surface area contributed by atoms with Crippen molar-refractivity contribution in [3.63, 3.8) is 0 Å². The molecule has 40 heavy (non-hydrogen) atoms. The summed E-state index contributed by atoms with van der Waals surface area (Å²) in [6.07, 6.45) is 2.24. The largest absolute Gasteiger partial charge is 0.481 e. The molecule has 2 unspecified atom stereocenters. The molecular weight excluding hydrogens is 548 g/mol. The maximum atomic E-state index is 13.8. The van der Waals surface area contributed by atoms with Crippen molar-refractivity contribution in [3.8, 4) is 0 Å². The smallest absolute Gasteiger partial charge is 0.341 e. The molecule has 0 saturated carbocycles. The molecule has 1 aliphatic carbocycles. The Hall–Kier alpha value is -3.63. The van der Waals surface area contributed by atoms with Crippen molar-refractivity contribution >= 4 is 57.5 Å². The van der Waals surface area contributed by atoms with Crippen LogP contribution in [0.15, 0.2) is 59.5 Å². The maximum absolute atomic E-state index is 13.8. The minimum atomic E-state index is -1.04. The molecule has 0 fully saturated rings. The van der Waals surface area contributed by atoms with Gasteiger partial charge >= 0.3 is 11.9 Å². The van der Waals surface area contributed by atoms with Crippen LogP contribution in [0.3, 0.4) is 0 Å². The normalized spacial score (nSPS) is 15.0. The Morgan fingerprint density at radius 3 is 2.58 bits per heavy atom. The maximum Gasteiger partial charge on any atom is 0.341 e. The SMILES string of the molecule is CCOC(=O)c1c(NC(=O)C(Sc2cccc(NC(=O)CCC(=O)O)c2)c2ccccc2)sc2c1CCC(C)C2. The number of benzene rings is 2.